The fraction of sp³-hybridized carbons (Fsp3) is 0.273. The average molecular weight is 457 g/mol. The Hall–Kier alpha value is -3.66. The summed E-state index contributed by atoms with van der Waals surface area (Å²) >= 11 is 5.03. The monoisotopic (exact) mass is 456 g/mol. The lowest BCUT2D eigenvalue weighted by atomic mass is 10.1. The van der Waals surface area contributed by atoms with E-state index >= 15 is 0 Å². The van der Waals surface area contributed by atoms with Crippen molar-refractivity contribution in [2.75, 3.05) is 13.2 Å². The highest BCUT2D eigenvalue weighted by atomic mass is 32.1. The zero-order valence-electron chi connectivity index (χ0n) is 17.5. The van der Waals surface area contributed by atoms with E-state index in [0.717, 1.165) is 11.3 Å². The first kappa shape index (κ1) is 23.0. The number of hydrogen-bond donors (Lipinski definition) is 3. The van der Waals surface area contributed by atoms with Crippen LogP contribution < -0.4 is 20.9 Å². The maximum atomic E-state index is 12.3. The third-order valence-electron chi connectivity index (χ3n) is 4.67. The largest absolute Gasteiger partial charge is 0.494 e. The van der Waals surface area contributed by atoms with Crippen molar-refractivity contribution < 1.29 is 23.5 Å². The summed E-state index contributed by atoms with van der Waals surface area (Å²) in [5.74, 6) is -0.0871. The number of ether oxygens (including phenoxy) is 1. The summed E-state index contributed by atoms with van der Waals surface area (Å²) in [5, 5.41) is 2.38. The Balaban J connectivity index is 1.39. The van der Waals surface area contributed by atoms with Crippen LogP contribution in [0.1, 0.15) is 24.7 Å². The number of furan rings is 1. The Bertz CT molecular complexity index is 988. The normalized spacial score (nSPS) is 15.6. The van der Waals surface area contributed by atoms with Crippen LogP contribution >= 0.6 is 12.2 Å². The molecule has 3 amide bonds. The lowest BCUT2D eigenvalue weighted by Crippen LogP contribution is -2.50. The van der Waals surface area contributed by atoms with Crippen molar-refractivity contribution in [3.63, 3.8) is 0 Å². The van der Waals surface area contributed by atoms with Gasteiger partial charge in [0, 0.05) is 19.0 Å². The van der Waals surface area contributed by atoms with Gasteiger partial charge in [-0.1, -0.05) is 12.1 Å². The van der Waals surface area contributed by atoms with Gasteiger partial charge in [-0.3, -0.25) is 30.6 Å². The molecule has 2 aromatic rings. The van der Waals surface area contributed by atoms with E-state index in [1.165, 1.54) is 12.3 Å². The van der Waals surface area contributed by atoms with Gasteiger partial charge < -0.3 is 14.1 Å². The third kappa shape index (κ3) is 6.67. The van der Waals surface area contributed by atoms with Crippen molar-refractivity contribution in [1.82, 2.24) is 21.1 Å². The summed E-state index contributed by atoms with van der Waals surface area (Å²) in [5.41, 5.74) is 5.74. The lowest BCUT2D eigenvalue weighted by Gasteiger charge is -2.15. The fourth-order valence-corrected chi connectivity index (χ4v) is 3.26. The molecule has 1 saturated heterocycles. The predicted octanol–water partition coefficient (Wildman–Crippen LogP) is 1.76. The second-order valence-corrected chi connectivity index (χ2v) is 7.43. The zero-order chi connectivity index (χ0) is 22.9. The Kier molecular flexibility index (Phi) is 7.98. The molecule has 0 bridgehead atoms. The molecule has 0 spiro atoms. The van der Waals surface area contributed by atoms with E-state index in [1.54, 1.807) is 23.1 Å². The second kappa shape index (κ2) is 11.1. The van der Waals surface area contributed by atoms with Crippen LogP contribution in [0.15, 0.2) is 53.2 Å². The summed E-state index contributed by atoms with van der Waals surface area (Å²) in [6.45, 7) is 3.08. The van der Waals surface area contributed by atoms with Crippen LogP contribution in [0.4, 0.5) is 0 Å². The van der Waals surface area contributed by atoms with Gasteiger partial charge in [0.15, 0.2) is 5.11 Å². The number of amides is 3. The molecule has 0 aliphatic carbocycles. The predicted molar refractivity (Wildman–Crippen MR) is 121 cm³/mol. The summed E-state index contributed by atoms with van der Waals surface area (Å²) < 4.78 is 10.6. The van der Waals surface area contributed by atoms with Crippen LogP contribution in [0, 0.1) is 5.92 Å². The van der Waals surface area contributed by atoms with Gasteiger partial charge in [-0.25, -0.2) is 0 Å². The number of likely N-dealkylation sites (tertiary alicyclic amines) is 1. The maximum Gasteiger partial charge on any atom is 0.250 e. The fourth-order valence-electron chi connectivity index (χ4n) is 3.11. The smallest absolute Gasteiger partial charge is 0.250 e. The van der Waals surface area contributed by atoms with Gasteiger partial charge in [-0.2, -0.15) is 0 Å². The second-order valence-electron chi connectivity index (χ2n) is 7.02. The van der Waals surface area contributed by atoms with Crippen molar-refractivity contribution in [2.24, 2.45) is 5.92 Å². The molecule has 2 heterocycles. The molecule has 1 aliphatic heterocycles. The van der Waals surface area contributed by atoms with Crippen LogP contribution in [0.3, 0.4) is 0 Å². The number of carbonyl (C=O) groups is 3. The molecule has 10 heteroatoms. The number of benzene rings is 1. The molecule has 1 fully saturated rings. The van der Waals surface area contributed by atoms with E-state index < -0.39 is 11.8 Å². The molecule has 0 saturated carbocycles. The summed E-state index contributed by atoms with van der Waals surface area (Å²) in [4.78, 5) is 38.0. The average Bonchev–Trinajstić information content (AvgIpc) is 3.42. The van der Waals surface area contributed by atoms with Crippen molar-refractivity contribution >= 4 is 41.1 Å². The molecule has 3 N–H and O–H groups in total. The Morgan fingerprint density at radius 1 is 1.25 bits per heavy atom. The van der Waals surface area contributed by atoms with E-state index in [-0.39, 0.29) is 29.9 Å². The zero-order valence-corrected chi connectivity index (χ0v) is 18.3. The standard InChI is InChI=1S/C22H24N4O5S/c1-2-30-17-8-5-15(6-9-17)7-10-19(27)23-22(32)25-24-21(29)16-12-20(28)26(13-16)14-18-4-3-11-31-18/h3-11,16H,2,12-14H2,1H3,(H,24,29)(H2,23,25,27,32)/b10-7+. The molecular weight excluding hydrogens is 432 g/mol. The Morgan fingerprint density at radius 3 is 2.72 bits per heavy atom. The van der Waals surface area contributed by atoms with E-state index in [4.69, 9.17) is 21.4 Å². The molecule has 1 aromatic carbocycles. The summed E-state index contributed by atoms with van der Waals surface area (Å²) in [6, 6.07) is 10.8. The van der Waals surface area contributed by atoms with Gasteiger partial charge in [0.25, 0.3) is 0 Å². The first-order valence-corrected chi connectivity index (χ1v) is 10.5. The van der Waals surface area contributed by atoms with Crippen molar-refractivity contribution in [3.8, 4) is 5.75 Å². The number of nitrogens with zero attached hydrogens (tertiary/aromatic N) is 1. The van der Waals surface area contributed by atoms with Crippen LogP contribution in [0.5, 0.6) is 5.75 Å². The molecule has 1 atom stereocenters. The first-order chi connectivity index (χ1) is 15.4. The van der Waals surface area contributed by atoms with Gasteiger partial charge in [0.05, 0.1) is 25.3 Å². The SMILES string of the molecule is CCOc1ccc(/C=C/C(=O)NC(=S)NNC(=O)C2CC(=O)N(Cc3ccco3)C2)cc1. The van der Waals surface area contributed by atoms with Crippen LogP contribution in [0.25, 0.3) is 6.08 Å². The number of carbonyl (C=O) groups excluding carboxylic acids is 3. The number of hydrazine groups is 1. The Morgan fingerprint density at radius 2 is 2.03 bits per heavy atom. The number of hydrogen-bond acceptors (Lipinski definition) is 6. The van der Waals surface area contributed by atoms with Gasteiger partial charge in [-0.15, -0.1) is 0 Å². The van der Waals surface area contributed by atoms with E-state index in [9.17, 15) is 14.4 Å². The summed E-state index contributed by atoms with van der Waals surface area (Å²) in [6.07, 6.45) is 4.59. The van der Waals surface area contributed by atoms with Gasteiger partial charge in [-0.05, 0) is 55.0 Å². The molecule has 1 aliphatic rings. The first-order valence-electron chi connectivity index (χ1n) is 10.1. The van der Waals surface area contributed by atoms with Gasteiger partial charge in [0.2, 0.25) is 17.7 Å². The molecule has 32 heavy (non-hydrogen) atoms. The van der Waals surface area contributed by atoms with Crippen molar-refractivity contribution in [3.05, 3.63) is 60.1 Å². The highest BCUT2D eigenvalue weighted by Gasteiger charge is 2.34. The maximum absolute atomic E-state index is 12.3. The number of rotatable bonds is 7. The topological polar surface area (TPSA) is 113 Å². The van der Waals surface area contributed by atoms with E-state index in [2.05, 4.69) is 16.2 Å². The summed E-state index contributed by atoms with van der Waals surface area (Å²) in [7, 11) is 0. The minimum atomic E-state index is -0.525. The van der Waals surface area contributed by atoms with Crippen LogP contribution in [-0.4, -0.2) is 40.9 Å². The molecule has 3 rings (SSSR count). The third-order valence-corrected chi connectivity index (χ3v) is 4.87. The number of thiocarbonyl (C=S) groups is 1. The van der Waals surface area contributed by atoms with Crippen LogP contribution in [0.2, 0.25) is 0 Å². The van der Waals surface area contributed by atoms with E-state index in [0.29, 0.717) is 18.9 Å². The van der Waals surface area contributed by atoms with Crippen molar-refractivity contribution in [1.29, 1.82) is 0 Å². The molecular formula is C22H24N4O5S. The quantitative estimate of drug-likeness (QED) is 0.331. The van der Waals surface area contributed by atoms with Crippen LogP contribution in [-0.2, 0) is 20.9 Å². The minimum Gasteiger partial charge on any atom is -0.494 e. The Labute approximate surface area is 190 Å². The highest BCUT2D eigenvalue weighted by molar-refractivity contribution is 7.80. The molecule has 9 nitrogen and oxygen atoms in total. The van der Waals surface area contributed by atoms with Gasteiger partial charge in [0.1, 0.15) is 11.5 Å². The molecule has 1 unspecified atom stereocenters. The van der Waals surface area contributed by atoms with Gasteiger partial charge >= 0.3 is 0 Å². The van der Waals surface area contributed by atoms with Crippen molar-refractivity contribution in [2.45, 2.75) is 19.9 Å². The number of nitrogens with one attached hydrogen (secondary N) is 3. The van der Waals surface area contributed by atoms with E-state index in [1.807, 2.05) is 31.2 Å². The molecule has 168 valence electrons. The highest BCUT2D eigenvalue weighted by Crippen LogP contribution is 2.20. The minimum absolute atomic E-state index is 0.0588. The molecule has 0 radical (unpaired) electrons. The molecule has 1 aromatic heterocycles. The lowest BCUT2D eigenvalue weighted by molar-refractivity contribution is -0.129.